The van der Waals surface area contributed by atoms with Crippen LogP contribution in [0.15, 0.2) is 66.2 Å². The van der Waals surface area contributed by atoms with Gasteiger partial charge in [0.25, 0.3) is 0 Å². The van der Waals surface area contributed by atoms with Crippen molar-refractivity contribution >= 4 is 5.71 Å². The second-order valence-corrected chi connectivity index (χ2v) is 4.99. The van der Waals surface area contributed by atoms with Gasteiger partial charge in [0.15, 0.2) is 5.82 Å². The highest BCUT2D eigenvalue weighted by Crippen LogP contribution is 2.16. The number of pyridine rings is 1. The van der Waals surface area contributed by atoms with Gasteiger partial charge in [-0.25, -0.2) is 9.67 Å². The zero-order chi connectivity index (χ0) is 15.4. The first-order valence-electron chi connectivity index (χ1n) is 7.00. The minimum Gasteiger partial charge on any atom is -0.411 e. The van der Waals surface area contributed by atoms with Crippen molar-refractivity contribution in [3.8, 4) is 5.82 Å². The molecule has 0 bridgehead atoms. The van der Waals surface area contributed by atoms with Crippen LogP contribution < -0.4 is 0 Å². The Balaban J connectivity index is 1.85. The SMILES string of the molecule is CC(=NO)c1ccccc1Cc1ccc(-n2cccn2)nc1. The van der Waals surface area contributed by atoms with Gasteiger partial charge in [-0.2, -0.15) is 5.10 Å². The van der Waals surface area contributed by atoms with Crippen molar-refractivity contribution in [1.82, 2.24) is 14.8 Å². The smallest absolute Gasteiger partial charge is 0.153 e. The van der Waals surface area contributed by atoms with Crippen LogP contribution in [0.2, 0.25) is 0 Å². The second-order valence-electron chi connectivity index (χ2n) is 4.99. The summed E-state index contributed by atoms with van der Waals surface area (Å²) in [7, 11) is 0. The van der Waals surface area contributed by atoms with E-state index >= 15 is 0 Å². The van der Waals surface area contributed by atoms with E-state index in [0.717, 1.165) is 28.9 Å². The van der Waals surface area contributed by atoms with Gasteiger partial charge in [-0.3, -0.25) is 0 Å². The molecular weight excluding hydrogens is 276 g/mol. The molecule has 0 saturated heterocycles. The predicted octanol–water partition coefficient (Wildman–Crippen LogP) is 3.06. The van der Waals surface area contributed by atoms with Gasteiger partial charge in [-0.15, -0.1) is 0 Å². The largest absolute Gasteiger partial charge is 0.411 e. The van der Waals surface area contributed by atoms with Crippen LogP contribution in [0.3, 0.4) is 0 Å². The molecule has 0 spiro atoms. The van der Waals surface area contributed by atoms with Crippen LogP contribution in [-0.2, 0) is 6.42 Å². The van der Waals surface area contributed by atoms with Crippen LogP contribution in [0.5, 0.6) is 0 Å². The second kappa shape index (κ2) is 6.22. The lowest BCUT2D eigenvalue weighted by atomic mass is 9.98. The van der Waals surface area contributed by atoms with Crippen molar-refractivity contribution < 1.29 is 5.21 Å². The molecule has 5 nitrogen and oxygen atoms in total. The number of benzene rings is 1. The first-order valence-corrected chi connectivity index (χ1v) is 7.00. The summed E-state index contributed by atoms with van der Waals surface area (Å²) in [4.78, 5) is 4.43. The van der Waals surface area contributed by atoms with Gasteiger partial charge in [-0.1, -0.05) is 35.5 Å². The fourth-order valence-corrected chi connectivity index (χ4v) is 2.36. The number of nitrogens with zero attached hydrogens (tertiary/aromatic N) is 4. The minimum atomic E-state index is 0.608. The molecule has 5 heteroatoms. The van der Waals surface area contributed by atoms with Gasteiger partial charge < -0.3 is 5.21 Å². The van der Waals surface area contributed by atoms with Crippen molar-refractivity contribution in [2.75, 3.05) is 0 Å². The zero-order valence-electron chi connectivity index (χ0n) is 12.2. The summed E-state index contributed by atoms with van der Waals surface area (Å²) >= 11 is 0. The van der Waals surface area contributed by atoms with E-state index in [1.165, 1.54) is 0 Å². The highest BCUT2D eigenvalue weighted by molar-refractivity contribution is 5.99. The molecule has 0 amide bonds. The molecule has 22 heavy (non-hydrogen) atoms. The quantitative estimate of drug-likeness (QED) is 0.456. The number of hydrogen-bond donors (Lipinski definition) is 1. The first kappa shape index (κ1) is 14.0. The van der Waals surface area contributed by atoms with Crippen molar-refractivity contribution in [2.45, 2.75) is 13.3 Å². The van der Waals surface area contributed by atoms with Crippen LogP contribution in [0.25, 0.3) is 5.82 Å². The molecule has 0 atom stereocenters. The van der Waals surface area contributed by atoms with E-state index in [9.17, 15) is 0 Å². The molecule has 0 aliphatic carbocycles. The lowest BCUT2D eigenvalue weighted by molar-refractivity contribution is 0.319. The molecule has 2 heterocycles. The van der Waals surface area contributed by atoms with Crippen molar-refractivity contribution in [3.05, 3.63) is 77.7 Å². The molecule has 0 aliphatic heterocycles. The Morgan fingerprint density at radius 1 is 1.18 bits per heavy atom. The maximum Gasteiger partial charge on any atom is 0.153 e. The summed E-state index contributed by atoms with van der Waals surface area (Å²) < 4.78 is 1.72. The molecule has 0 fully saturated rings. The lowest BCUT2D eigenvalue weighted by Crippen LogP contribution is -2.03. The van der Waals surface area contributed by atoms with Gasteiger partial charge >= 0.3 is 0 Å². The molecule has 0 unspecified atom stereocenters. The van der Waals surface area contributed by atoms with Gasteiger partial charge in [0.1, 0.15) is 0 Å². The fourth-order valence-electron chi connectivity index (χ4n) is 2.36. The highest BCUT2D eigenvalue weighted by atomic mass is 16.4. The minimum absolute atomic E-state index is 0.608. The van der Waals surface area contributed by atoms with Gasteiger partial charge in [0, 0.05) is 24.2 Å². The highest BCUT2D eigenvalue weighted by Gasteiger charge is 2.07. The number of rotatable bonds is 4. The third kappa shape index (κ3) is 2.88. The molecule has 0 aliphatic rings. The Labute approximate surface area is 128 Å². The van der Waals surface area contributed by atoms with E-state index in [-0.39, 0.29) is 0 Å². The van der Waals surface area contributed by atoms with Gasteiger partial charge in [-0.05, 0) is 36.6 Å². The summed E-state index contributed by atoms with van der Waals surface area (Å²) in [6.07, 6.45) is 6.16. The topological polar surface area (TPSA) is 63.3 Å². The molecular formula is C17H16N4O. The van der Waals surface area contributed by atoms with Crippen LogP contribution >= 0.6 is 0 Å². The normalized spacial score (nSPS) is 11.6. The number of aromatic nitrogens is 3. The monoisotopic (exact) mass is 292 g/mol. The van der Waals surface area contributed by atoms with Crippen LogP contribution in [-0.4, -0.2) is 25.7 Å². The van der Waals surface area contributed by atoms with Crippen LogP contribution in [0.1, 0.15) is 23.6 Å². The van der Waals surface area contributed by atoms with Crippen molar-refractivity contribution in [3.63, 3.8) is 0 Å². The Hall–Kier alpha value is -2.95. The Morgan fingerprint density at radius 2 is 2.05 bits per heavy atom. The molecule has 1 aromatic carbocycles. The van der Waals surface area contributed by atoms with E-state index < -0.39 is 0 Å². The average molecular weight is 292 g/mol. The molecule has 0 saturated carbocycles. The average Bonchev–Trinajstić information content (AvgIpc) is 3.10. The summed E-state index contributed by atoms with van der Waals surface area (Å²) in [5.41, 5.74) is 3.75. The third-order valence-electron chi connectivity index (χ3n) is 3.50. The predicted molar refractivity (Wildman–Crippen MR) is 84.6 cm³/mol. The Kier molecular flexibility index (Phi) is 3.96. The summed E-state index contributed by atoms with van der Waals surface area (Å²) in [5.74, 6) is 0.787. The molecule has 3 rings (SSSR count). The van der Waals surface area contributed by atoms with Crippen molar-refractivity contribution in [2.24, 2.45) is 5.16 Å². The fraction of sp³-hybridized carbons (Fsp3) is 0.118. The lowest BCUT2D eigenvalue weighted by Gasteiger charge is -2.09. The maximum absolute atomic E-state index is 8.99. The maximum atomic E-state index is 8.99. The summed E-state index contributed by atoms with van der Waals surface area (Å²) in [6.45, 7) is 1.79. The van der Waals surface area contributed by atoms with E-state index in [2.05, 4.69) is 15.2 Å². The zero-order valence-corrected chi connectivity index (χ0v) is 12.2. The number of oxime groups is 1. The summed E-state index contributed by atoms with van der Waals surface area (Å²) in [5, 5.41) is 16.4. The van der Waals surface area contributed by atoms with E-state index in [0.29, 0.717) is 5.71 Å². The van der Waals surface area contributed by atoms with Crippen LogP contribution in [0, 0.1) is 0 Å². The van der Waals surface area contributed by atoms with Crippen molar-refractivity contribution in [1.29, 1.82) is 0 Å². The molecule has 0 radical (unpaired) electrons. The standard InChI is InChI=1S/C17H16N4O/c1-13(20-22)16-6-3-2-5-15(16)11-14-7-8-17(18-12-14)21-10-4-9-19-21/h2-10,12,22H,11H2,1H3. The van der Waals surface area contributed by atoms with E-state index in [1.54, 1.807) is 17.8 Å². The molecule has 3 aromatic rings. The van der Waals surface area contributed by atoms with E-state index in [4.69, 9.17) is 5.21 Å². The Bertz CT molecular complexity index is 777. The number of hydrogen-bond acceptors (Lipinski definition) is 4. The van der Waals surface area contributed by atoms with Gasteiger partial charge in [0.05, 0.1) is 5.71 Å². The molecule has 2 aromatic heterocycles. The van der Waals surface area contributed by atoms with E-state index in [1.807, 2.05) is 54.9 Å². The van der Waals surface area contributed by atoms with Gasteiger partial charge in [0.2, 0.25) is 0 Å². The first-order chi connectivity index (χ1) is 10.8. The van der Waals surface area contributed by atoms with Crippen LogP contribution in [0.4, 0.5) is 0 Å². The summed E-state index contributed by atoms with van der Waals surface area (Å²) in [6, 6.07) is 13.7. The molecule has 1 N–H and O–H groups in total. The third-order valence-corrected chi connectivity index (χ3v) is 3.50. The molecule has 110 valence electrons. The Morgan fingerprint density at radius 3 is 2.73 bits per heavy atom.